The quantitative estimate of drug-likeness (QED) is 0.905. The molecule has 1 amide bonds. The molecule has 1 atom stereocenters. The normalized spacial score (nSPS) is 13.5. The molecule has 110 valence electrons. The molecule has 4 heteroatoms. The Hall–Kier alpha value is -2.20. The Bertz CT molecular complexity index is 638. The molecule has 0 heterocycles. The smallest absolute Gasteiger partial charge is 0.227 e. The van der Waals surface area contributed by atoms with Crippen LogP contribution < -0.4 is 5.32 Å². The molecule has 0 saturated carbocycles. The topological polar surface area (TPSA) is 49.3 Å². The summed E-state index contributed by atoms with van der Waals surface area (Å²) in [6.07, 6.45) is -0.148. The predicted molar refractivity (Wildman–Crippen MR) is 80.4 cm³/mol. The Morgan fingerprint density at radius 2 is 1.90 bits per heavy atom. The molecule has 0 aliphatic carbocycles. The molecule has 21 heavy (non-hydrogen) atoms. The van der Waals surface area contributed by atoms with Crippen LogP contribution in [0.5, 0.6) is 0 Å². The van der Waals surface area contributed by atoms with Gasteiger partial charge in [-0.25, -0.2) is 4.39 Å². The summed E-state index contributed by atoms with van der Waals surface area (Å²) >= 11 is 0. The van der Waals surface area contributed by atoms with Gasteiger partial charge < -0.3 is 10.4 Å². The minimum absolute atomic E-state index is 0.129. The highest BCUT2D eigenvalue weighted by molar-refractivity contribution is 5.91. The fourth-order valence-electron chi connectivity index (χ4n) is 2.14. The zero-order valence-electron chi connectivity index (χ0n) is 12.1. The van der Waals surface area contributed by atoms with Gasteiger partial charge in [0.2, 0.25) is 5.91 Å². The fraction of sp³-hybridized carbons (Fsp3) is 0.235. The van der Waals surface area contributed by atoms with Crippen LogP contribution in [0.15, 0.2) is 48.5 Å². The summed E-state index contributed by atoms with van der Waals surface area (Å²) in [5.74, 6) is -0.929. The predicted octanol–water partition coefficient (Wildman–Crippen LogP) is 3.37. The monoisotopic (exact) mass is 287 g/mol. The molecule has 0 aliphatic heterocycles. The Morgan fingerprint density at radius 3 is 2.57 bits per heavy atom. The van der Waals surface area contributed by atoms with Crippen molar-refractivity contribution < 1.29 is 14.3 Å². The number of hydrogen-bond donors (Lipinski definition) is 2. The zero-order chi connectivity index (χ0) is 15.5. The number of nitrogens with one attached hydrogen (secondary N) is 1. The van der Waals surface area contributed by atoms with E-state index in [0.29, 0.717) is 5.56 Å². The third-order valence-corrected chi connectivity index (χ3v) is 3.30. The third-order valence-electron chi connectivity index (χ3n) is 3.30. The number of hydrogen-bond acceptors (Lipinski definition) is 2. The van der Waals surface area contributed by atoms with Crippen LogP contribution in [0.25, 0.3) is 0 Å². The molecule has 0 radical (unpaired) electrons. The average Bonchev–Trinajstić information content (AvgIpc) is 2.43. The standard InChI is InChI=1S/C17H18FNO2/c1-12-8-9-14(18)15(10-12)19-16(20)11-17(2,21)13-6-4-3-5-7-13/h3-10,21H,11H2,1-2H3,(H,19,20). The summed E-state index contributed by atoms with van der Waals surface area (Å²) in [5.41, 5.74) is 0.321. The molecule has 3 nitrogen and oxygen atoms in total. The third kappa shape index (κ3) is 3.89. The first-order chi connectivity index (χ1) is 9.88. The summed E-state index contributed by atoms with van der Waals surface area (Å²) in [6.45, 7) is 3.38. The minimum Gasteiger partial charge on any atom is -0.385 e. The van der Waals surface area contributed by atoms with Crippen molar-refractivity contribution >= 4 is 11.6 Å². The minimum atomic E-state index is -1.30. The molecule has 2 aromatic carbocycles. The summed E-state index contributed by atoms with van der Waals surface area (Å²) in [5, 5.41) is 12.9. The van der Waals surface area contributed by atoms with Gasteiger partial charge >= 0.3 is 0 Å². The van der Waals surface area contributed by atoms with Crippen molar-refractivity contribution in [2.24, 2.45) is 0 Å². The largest absolute Gasteiger partial charge is 0.385 e. The van der Waals surface area contributed by atoms with Gasteiger partial charge in [-0.3, -0.25) is 4.79 Å². The Kier molecular flexibility index (Phi) is 4.38. The average molecular weight is 287 g/mol. The lowest BCUT2D eigenvalue weighted by atomic mass is 9.92. The van der Waals surface area contributed by atoms with E-state index in [1.807, 2.05) is 13.0 Å². The molecular formula is C17H18FNO2. The van der Waals surface area contributed by atoms with Gasteiger partial charge in [0.1, 0.15) is 5.82 Å². The zero-order valence-corrected chi connectivity index (χ0v) is 12.1. The molecule has 0 aliphatic rings. The summed E-state index contributed by atoms with van der Waals surface area (Å²) < 4.78 is 13.6. The lowest BCUT2D eigenvalue weighted by Gasteiger charge is -2.23. The van der Waals surface area contributed by atoms with Crippen molar-refractivity contribution in [1.82, 2.24) is 0 Å². The maximum atomic E-state index is 13.6. The van der Waals surface area contributed by atoms with Crippen molar-refractivity contribution in [3.05, 3.63) is 65.5 Å². The Labute approximate surface area is 123 Å². The Balaban J connectivity index is 2.09. The molecule has 1 unspecified atom stereocenters. The van der Waals surface area contributed by atoms with Gasteiger partial charge in [-0.05, 0) is 37.1 Å². The molecule has 0 spiro atoms. The van der Waals surface area contributed by atoms with Crippen LogP contribution in [0.3, 0.4) is 0 Å². The van der Waals surface area contributed by atoms with E-state index in [0.717, 1.165) is 5.56 Å². The van der Waals surface area contributed by atoms with Crippen LogP contribution in [-0.4, -0.2) is 11.0 Å². The van der Waals surface area contributed by atoms with E-state index in [1.165, 1.54) is 6.07 Å². The maximum Gasteiger partial charge on any atom is 0.227 e. The van der Waals surface area contributed by atoms with E-state index in [1.54, 1.807) is 43.3 Å². The molecule has 0 fully saturated rings. The molecular weight excluding hydrogens is 269 g/mol. The summed E-state index contributed by atoms with van der Waals surface area (Å²) in [4.78, 5) is 12.0. The number of amides is 1. The number of halogens is 1. The van der Waals surface area contributed by atoms with E-state index in [2.05, 4.69) is 5.32 Å². The van der Waals surface area contributed by atoms with Gasteiger partial charge in [-0.15, -0.1) is 0 Å². The fourth-order valence-corrected chi connectivity index (χ4v) is 2.14. The van der Waals surface area contributed by atoms with Crippen LogP contribution in [0.4, 0.5) is 10.1 Å². The van der Waals surface area contributed by atoms with E-state index < -0.39 is 17.3 Å². The van der Waals surface area contributed by atoms with Gasteiger partial charge in [0.15, 0.2) is 0 Å². The number of carbonyl (C=O) groups excluding carboxylic acids is 1. The van der Waals surface area contributed by atoms with E-state index in [-0.39, 0.29) is 12.1 Å². The molecule has 0 aromatic heterocycles. The van der Waals surface area contributed by atoms with E-state index in [4.69, 9.17) is 0 Å². The molecule has 2 aromatic rings. The van der Waals surface area contributed by atoms with Crippen LogP contribution in [0, 0.1) is 12.7 Å². The van der Waals surface area contributed by atoms with Crippen molar-refractivity contribution in [3.63, 3.8) is 0 Å². The van der Waals surface area contributed by atoms with Crippen LogP contribution in [-0.2, 0) is 10.4 Å². The highest BCUT2D eigenvalue weighted by Crippen LogP contribution is 2.25. The summed E-state index contributed by atoms with van der Waals surface area (Å²) in [7, 11) is 0. The first-order valence-corrected chi connectivity index (χ1v) is 6.72. The number of aryl methyl sites for hydroxylation is 1. The molecule has 0 bridgehead atoms. The second-order valence-electron chi connectivity index (χ2n) is 5.35. The second kappa shape index (κ2) is 6.06. The van der Waals surface area contributed by atoms with Gasteiger partial charge in [0.25, 0.3) is 0 Å². The highest BCUT2D eigenvalue weighted by Gasteiger charge is 2.26. The molecule has 0 saturated heterocycles. The van der Waals surface area contributed by atoms with Gasteiger partial charge in [0.05, 0.1) is 17.7 Å². The van der Waals surface area contributed by atoms with Gasteiger partial charge in [-0.1, -0.05) is 36.4 Å². The SMILES string of the molecule is Cc1ccc(F)c(NC(=O)CC(C)(O)c2ccccc2)c1. The van der Waals surface area contributed by atoms with Crippen LogP contribution in [0.2, 0.25) is 0 Å². The van der Waals surface area contributed by atoms with Crippen molar-refractivity contribution in [2.75, 3.05) is 5.32 Å². The van der Waals surface area contributed by atoms with E-state index in [9.17, 15) is 14.3 Å². The number of rotatable bonds is 4. The summed E-state index contributed by atoms with van der Waals surface area (Å²) in [6, 6.07) is 13.4. The highest BCUT2D eigenvalue weighted by atomic mass is 19.1. The van der Waals surface area contributed by atoms with Gasteiger partial charge in [-0.2, -0.15) is 0 Å². The maximum absolute atomic E-state index is 13.6. The van der Waals surface area contributed by atoms with Gasteiger partial charge in [0, 0.05) is 0 Å². The van der Waals surface area contributed by atoms with Crippen molar-refractivity contribution in [1.29, 1.82) is 0 Å². The number of anilines is 1. The van der Waals surface area contributed by atoms with Crippen LogP contribution in [0.1, 0.15) is 24.5 Å². The van der Waals surface area contributed by atoms with Crippen molar-refractivity contribution in [3.8, 4) is 0 Å². The Morgan fingerprint density at radius 1 is 1.24 bits per heavy atom. The lowest BCUT2D eigenvalue weighted by molar-refractivity contribution is -0.120. The van der Waals surface area contributed by atoms with E-state index >= 15 is 0 Å². The number of carbonyl (C=O) groups is 1. The molecule has 2 N–H and O–H groups in total. The first-order valence-electron chi connectivity index (χ1n) is 6.72. The number of aliphatic hydroxyl groups is 1. The first kappa shape index (κ1) is 15.2. The van der Waals surface area contributed by atoms with Crippen molar-refractivity contribution in [2.45, 2.75) is 25.9 Å². The molecule has 2 rings (SSSR count). The number of benzene rings is 2. The second-order valence-corrected chi connectivity index (χ2v) is 5.35. The van der Waals surface area contributed by atoms with Crippen LogP contribution >= 0.6 is 0 Å². The lowest BCUT2D eigenvalue weighted by Crippen LogP contribution is -2.28.